The van der Waals surface area contributed by atoms with Crippen molar-refractivity contribution in [2.24, 2.45) is 17.3 Å². The molecular formula is C27H40ClNO6S. The topological polar surface area (TPSA) is 109 Å². The van der Waals surface area contributed by atoms with Gasteiger partial charge in [0.1, 0.15) is 11.9 Å². The first-order chi connectivity index (χ1) is 16.8. The second-order valence-electron chi connectivity index (χ2n) is 11.1. The van der Waals surface area contributed by atoms with E-state index in [1.54, 1.807) is 19.9 Å². The molecule has 2 fully saturated rings. The number of aliphatic hydroxyl groups is 2. The molecule has 0 radical (unpaired) electrons. The number of ether oxygens (including phenoxy) is 2. The van der Waals surface area contributed by atoms with E-state index in [2.05, 4.69) is 4.98 Å². The summed E-state index contributed by atoms with van der Waals surface area (Å²) < 4.78 is 11.8. The highest BCUT2D eigenvalue weighted by atomic mass is 35.5. The van der Waals surface area contributed by atoms with Crippen LogP contribution < -0.4 is 0 Å². The van der Waals surface area contributed by atoms with Gasteiger partial charge in [0, 0.05) is 17.7 Å². The Balaban J connectivity index is 1.87. The number of halogens is 1. The first-order valence-corrected chi connectivity index (χ1v) is 14.1. The standard InChI is InChI=1S/C27H40ClNO6S/c1-7-18-24(32)15(2)9-8-10-27(6)22(35-27)12-20(19(28)11-17-14-36-16(3)29-17)34-23(31)13-21(30)26(4,5)25(18)33/h11,14-15,18,20-22,24,30,32H,7-10,12-13H2,1-6H3/t15-,18?,20-,21?,22+,24-,27-/m0/s1. The lowest BCUT2D eigenvalue weighted by molar-refractivity contribution is -0.154. The lowest BCUT2D eigenvalue weighted by Crippen LogP contribution is -2.46. The molecule has 3 rings (SSSR count). The molecule has 1 aromatic rings. The molecule has 0 spiro atoms. The molecule has 2 saturated heterocycles. The van der Waals surface area contributed by atoms with Crippen molar-refractivity contribution < 1.29 is 29.3 Å². The van der Waals surface area contributed by atoms with Gasteiger partial charge in [-0.1, -0.05) is 45.7 Å². The van der Waals surface area contributed by atoms with Gasteiger partial charge in [0.2, 0.25) is 0 Å². The van der Waals surface area contributed by atoms with Crippen molar-refractivity contribution in [2.45, 2.75) is 110 Å². The lowest BCUT2D eigenvalue weighted by Gasteiger charge is -2.35. The first-order valence-electron chi connectivity index (χ1n) is 12.9. The Hall–Kier alpha value is -1.32. The molecule has 202 valence electrons. The van der Waals surface area contributed by atoms with Crippen LogP contribution in [0.1, 0.15) is 83.8 Å². The fourth-order valence-electron chi connectivity index (χ4n) is 5.09. The Bertz CT molecular complexity index is 977. The predicted octanol–water partition coefficient (Wildman–Crippen LogP) is 5.04. The van der Waals surface area contributed by atoms with Crippen LogP contribution in [0.25, 0.3) is 6.08 Å². The molecule has 3 heterocycles. The maximum absolute atomic E-state index is 13.4. The number of hydrogen-bond acceptors (Lipinski definition) is 8. The second kappa shape index (κ2) is 11.6. The quantitative estimate of drug-likeness (QED) is 0.407. The van der Waals surface area contributed by atoms with E-state index in [1.165, 1.54) is 11.3 Å². The second-order valence-corrected chi connectivity index (χ2v) is 12.6. The number of aromatic nitrogens is 1. The molecule has 0 saturated carbocycles. The molecule has 9 heteroatoms. The van der Waals surface area contributed by atoms with E-state index in [9.17, 15) is 19.8 Å². The fourth-order valence-corrected chi connectivity index (χ4v) is 5.90. The zero-order valence-corrected chi connectivity index (χ0v) is 23.7. The van der Waals surface area contributed by atoms with Gasteiger partial charge in [0.05, 0.1) is 51.5 Å². The van der Waals surface area contributed by atoms with Gasteiger partial charge >= 0.3 is 5.97 Å². The molecule has 2 N–H and O–H groups in total. The minimum Gasteiger partial charge on any atom is -0.456 e. The zero-order chi connectivity index (χ0) is 26.8. The minimum atomic E-state index is -1.27. The minimum absolute atomic E-state index is 0.0859. The van der Waals surface area contributed by atoms with E-state index in [-0.39, 0.29) is 29.8 Å². The number of rotatable bonds is 3. The Morgan fingerprint density at radius 2 is 2.00 bits per heavy atom. The molecule has 7 atom stereocenters. The Morgan fingerprint density at radius 3 is 2.61 bits per heavy atom. The summed E-state index contributed by atoms with van der Waals surface area (Å²) in [6, 6.07) is 0. The Labute approximate surface area is 223 Å². The van der Waals surface area contributed by atoms with Crippen molar-refractivity contribution >= 4 is 40.8 Å². The van der Waals surface area contributed by atoms with Crippen LogP contribution in [0.4, 0.5) is 0 Å². The maximum atomic E-state index is 13.4. The molecule has 0 aromatic carbocycles. The summed E-state index contributed by atoms with van der Waals surface area (Å²) in [5.41, 5.74) is -0.902. The molecule has 36 heavy (non-hydrogen) atoms. The zero-order valence-electron chi connectivity index (χ0n) is 22.1. The molecule has 2 aliphatic heterocycles. The van der Waals surface area contributed by atoms with Gasteiger partial charge in [-0.15, -0.1) is 11.3 Å². The first kappa shape index (κ1) is 29.2. The van der Waals surface area contributed by atoms with Gasteiger partial charge in [-0.05, 0) is 45.1 Å². The van der Waals surface area contributed by atoms with Crippen molar-refractivity contribution in [2.75, 3.05) is 0 Å². The lowest BCUT2D eigenvalue weighted by atomic mass is 9.71. The van der Waals surface area contributed by atoms with E-state index in [4.69, 9.17) is 21.1 Å². The van der Waals surface area contributed by atoms with Crippen molar-refractivity contribution in [3.05, 3.63) is 21.1 Å². The van der Waals surface area contributed by atoms with Crippen molar-refractivity contribution in [1.82, 2.24) is 4.98 Å². The third-order valence-corrected chi connectivity index (χ3v) is 9.04. The number of esters is 1. The highest BCUT2D eigenvalue weighted by Crippen LogP contribution is 2.45. The van der Waals surface area contributed by atoms with Crippen LogP contribution >= 0.6 is 22.9 Å². The monoisotopic (exact) mass is 541 g/mol. The van der Waals surface area contributed by atoms with E-state index in [1.807, 2.05) is 33.1 Å². The molecule has 0 amide bonds. The Morgan fingerprint density at radius 1 is 1.31 bits per heavy atom. The van der Waals surface area contributed by atoms with Gasteiger partial charge in [-0.3, -0.25) is 9.59 Å². The highest BCUT2D eigenvalue weighted by Gasteiger charge is 2.53. The number of ketones is 1. The number of Topliss-reactive ketones (excluding diaryl/α,β-unsaturated/α-hetero) is 1. The molecule has 2 aliphatic rings. The molecule has 7 nitrogen and oxygen atoms in total. The number of cyclic esters (lactones) is 1. The smallest absolute Gasteiger partial charge is 0.309 e. The van der Waals surface area contributed by atoms with Crippen LogP contribution in [0.5, 0.6) is 0 Å². The van der Waals surface area contributed by atoms with Crippen LogP contribution in [-0.2, 0) is 19.1 Å². The molecule has 0 aliphatic carbocycles. The van der Waals surface area contributed by atoms with Gasteiger partial charge < -0.3 is 19.7 Å². The summed E-state index contributed by atoms with van der Waals surface area (Å²) in [7, 11) is 0. The third-order valence-electron chi connectivity index (χ3n) is 7.90. The van der Waals surface area contributed by atoms with E-state index < -0.39 is 35.6 Å². The fraction of sp³-hybridized carbons (Fsp3) is 0.741. The molecule has 0 bridgehead atoms. The number of aryl methyl sites for hydroxylation is 1. The number of thiazole rings is 1. The molecule has 1 aromatic heterocycles. The summed E-state index contributed by atoms with van der Waals surface area (Å²) in [5, 5.41) is 25.0. The number of hydrogen-bond donors (Lipinski definition) is 2. The number of fused-ring (bicyclic) bond motifs is 1. The predicted molar refractivity (Wildman–Crippen MR) is 141 cm³/mol. The van der Waals surface area contributed by atoms with Crippen LogP contribution in [-0.4, -0.2) is 57.0 Å². The number of nitrogens with zero attached hydrogens (tertiary/aromatic N) is 1. The van der Waals surface area contributed by atoms with Gasteiger partial charge in [-0.25, -0.2) is 4.98 Å². The largest absolute Gasteiger partial charge is 0.456 e. The summed E-state index contributed by atoms with van der Waals surface area (Å²) in [5.74, 6) is -1.61. The van der Waals surface area contributed by atoms with Crippen molar-refractivity contribution in [3.8, 4) is 0 Å². The highest BCUT2D eigenvalue weighted by molar-refractivity contribution is 7.09. The summed E-state index contributed by atoms with van der Waals surface area (Å²) >= 11 is 8.14. The third kappa shape index (κ3) is 6.76. The van der Waals surface area contributed by atoms with Gasteiger partial charge in [0.25, 0.3) is 0 Å². The average Bonchev–Trinajstić information content (AvgIpc) is 3.24. The summed E-state index contributed by atoms with van der Waals surface area (Å²) in [6.45, 7) is 11.0. The molecular weight excluding hydrogens is 502 g/mol. The van der Waals surface area contributed by atoms with Crippen molar-refractivity contribution in [1.29, 1.82) is 0 Å². The van der Waals surface area contributed by atoms with E-state index >= 15 is 0 Å². The maximum Gasteiger partial charge on any atom is 0.309 e. The van der Waals surface area contributed by atoms with Crippen LogP contribution in [0, 0.1) is 24.2 Å². The van der Waals surface area contributed by atoms with E-state index in [0.29, 0.717) is 23.6 Å². The number of epoxide rings is 1. The normalized spacial score (nSPS) is 36.8. The average molecular weight is 542 g/mol. The number of carbonyl (C=O) groups excluding carboxylic acids is 2. The molecule has 2 unspecified atom stereocenters. The van der Waals surface area contributed by atoms with Crippen LogP contribution in [0.3, 0.4) is 0 Å². The number of aliphatic hydroxyl groups excluding tert-OH is 2. The van der Waals surface area contributed by atoms with Gasteiger partial charge in [0.15, 0.2) is 0 Å². The SMILES string of the molecule is CCC1C(=O)C(C)(C)C(O)CC(=O)O[C@H](C(Cl)=Cc2csc(C)n2)C[C@H]2O[C@@]2(C)CCC[C@H](C)[C@@H]1O. The van der Waals surface area contributed by atoms with E-state index in [0.717, 1.165) is 24.3 Å². The van der Waals surface area contributed by atoms with Crippen LogP contribution in [0.2, 0.25) is 0 Å². The van der Waals surface area contributed by atoms with Gasteiger partial charge in [-0.2, -0.15) is 0 Å². The summed E-state index contributed by atoms with van der Waals surface area (Å²) in [4.78, 5) is 30.8. The summed E-state index contributed by atoms with van der Waals surface area (Å²) in [6.07, 6.45) is 1.56. The number of carbonyl (C=O) groups is 2. The van der Waals surface area contributed by atoms with Crippen molar-refractivity contribution in [3.63, 3.8) is 0 Å². The van der Waals surface area contributed by atoms with Crippen LogP contribution in [0.15, 0.2) is 10.4 Å². The Kier molecular flexibility index (Phi) is 9.42.